The van der Waals surface area contributed by atoms with Crippen LogP contribution in [0.4, 0.5) is 14.5 Å². The molecule has 0 aromatic heterocycles. The van der Waals surface area contributed by atoms with Crippen LogP contribution in [0.5, 0.6) is 0 Å². The predicted molar refractivity (Wildman–Crippen MR) is 80.4 cm³/mol. The number of halogens is 3. The molecule has 0 N–H and O–H groups in total. The van der Waals surface area contributed by atoms with Crippen molar-refractivity contribution in [1.29, 1.82) is 0 Å². The molecule has 0 spiro atoms. The van der Waals surface area contributed by atoms with Gasteiger partial charge < -0.3 is 4.90 Å². The Labute approximate surface area is 126 Å². The molecule has 2 aliphatic rings. The van der Waals surface area contributed by atoms with E-state index in [-0.39, 0.29) is 5.69 Å². The Morgan fingerprint density at radius 1 is 1.10 bits per heavy atom. The lowest BCUT2D eigenvalue weighted by Crippen LogP contribution is -2.55. The van der Waals surface area contributed by atoms with Gasteiger partial charge in [0.05, 0.1) is 0 Å². The summed E-state index contributed by atoms with van der Waals surface area (Å²) in [5.41, 5.74) is 0.792. The van der Waals surface area contributed by atoms with Gasteiger partial charge >= 0.3 is 0 Å². The molecule has 2 fully saturated rings. The van der Waals surface area contributed by atoms with Gasteiger partial charge in [0.15, 0.2) is 0 Å². The smallest absolute Gasteiger partial charge is 0.149 e. The van der Waals surface area contributed by atoms with Gasteiger partial charge in [-0.3, -0.25) is 4.90 Å². The molecule has 20 heavy (non-hydrogen) atoms. The minimum atomic E-state index is -0.441. The van der Waals surface area contributed by atoms with Crippen molar-refractivity contribution in [2.24, 2.45) is 0 Å². The number of hydrogen-bond donors (Lipinski definition) is 0. The van der Waals surface area contributed by atoms with E-state index >= 15 is 0 Å². The van der Waals surface area contributed by atoms with E-state index in [1.165, 1.54) is 25.0 Å². The van der Waals surface area contributed by atoms with E-state index in [2.05, 4.69) is 20.8 Å². The van der Waals surface area contributed by atoms with E-state index < -0.39 is 11.6 Å². The maximum absolute atomic E-state index is 14.2. The molecule has 3 rings (SSSR count). The highest BCUT2D eigenvalue weighted by molar-refractivity contribution is 9.08. The first-order chi connectivity index (χ1) is 9.69. The molecule has 1 aromatic rings. The molecule has 1 unspecified atom stereocenters. The second-order valence-electron chi connectivity index (χ2n) is 5.67. The zero-order valence-electron chi connectivity index (χ0n) is 11.4. The lowest BCUT2D eigenvalue weighted by atomic mass is 9.99. The Morgan fingerprint density at radius 2 is 1.85 bits per heavy atom. The van der Waals surface area contributed by atoms with Crippen LogP contribution in [0.15, 0.2) is 12.1 Å². The van der Waals surface area contributed by atoms with Crippen molar-refractivity contribution in [2.45, 2.75) is 30.6 Å². The molecule has 1 atom stereocenters. The highest BCUT2D eigenvalue weighted by Gasteiger charge is 2.31. The molecule has 5 heteroatoms. The number of nitrogens with zero attached hydrogens (tertiary/aromatic N) is 2. The topological polar surface area (TPSA) is 6.48 Å². The second kappa shape index (κ2) is 5.98. The fourth-order valence-corrected chi connectivity index (χ4v) is 3.68. The molecule has 0 bridgehead atoms. The Kier molecular flexibility index (Phi) is 4.26. The van der Waals surface area contributed by atoms with Crippen molar-refractivity contribution >= 4 is 21.6 Å². The van der Waals surface area contributed by atoms with Gasteiger partial charge in [-0.1, -0.05) is 22.4 Å². The van der Waals surface area contributed by atoms with Gasteiger partial charge in [-0.05, 0) is 37.1 Å². The Bertz CT molecular complexity index is 472. The molecule has 1 aromatic carbocycles. The number of benzene rings is 1. The van der Waals surface area contributed by atoms with Crippen molar-refractivity contribution in [3.63, 3.8) is 0 Å². The zero-order chi connectivity index (χ0) is 14.1. The Morgan fingerprint density at radius 3 is 2.55 bits per heavy atom. The number of rotatable bonds is 2. The fourth-order valence-electron chi connectivity index (χ4n) is 3.36. The van der Waals surface area contributed by atoms with Gasteiger partial charge in [-0.2, -0.15) is 0 Å². The predicted octanol–water partition coefficient (Wildman–Crippen LogP) is 3.53. The number of piperidine rings is 1. The molecule has 0 amide bonds. The number of piperazine rings is 1. The minimum Gasteiger partial charge on any atom is -0.364 e. The first-order valence-corrected chi connectivity index (χ1v) is 8.34. The van der Waals surface area contributed by atoms with Gasteiger partial charge in [-0.15, -0.1) is 0 Å². The van der Waals surface area contributed by atoms with Gasteiger partial charge in [-0.25, -0.2) is 8.78 Å². The molecule has 2 saturated heterocycles. The standard InChI is InChI=1S/C15H19BrF2N2/c16-9-11-7-13(17)15(14(18)8-11)20-6-5-19-4-2-1-3-12(19)10-20/h7-8,12H,1-6,9-10H2. The van der Waals surface area contributed by atoms with E-state index in [4.69, 9.17) is 0 Å². The van der Waals surface area contributed by atoms with Gasteiger partial charge in [0.25, 0.3) is 0 Å². The monoisotopic (exact) mass is 344 g/mol. The van der Waals surface area contributed by atoms with Gasteiger partial charge in [0.2, 0.25) is 0 Å². The van der Waals surface area contributed by atoms with E-state index in [1.807, 2.05) is 4.90 Å². The number of hydrogen-bond acceptors (Lipinski definition) is 2. The molecule has 110 valence electrons. The van der Waals surface area contributed by atoms with Crippen molar-refractivity contribution in [3.8, 4) is 0 Å². The number of alkyl halides is 1. The summed E-state index contributed by atoms with van der Waals surface area (Å²) in [6, 6.07) is 3.31. The normalized spacial score (nSPS) is 23.8. The minimum absolute atomic E-state index is 0.153. The van der Waals surface area contributed by atoms with E-state index in [0.717, 1.165) is 26.1 Å². The molecule has 2 nitrogen and oxygen atoms in total. The van der Waals surface area contributed by atoms with Crippen LogP contribution < -0.4 is 4.90 Å². The van der Waals surface area contributed by atoms with E-state index in [0.29, 0.717) is 23.5 Å². The Balaban J connectivity index is 1.83. The average molecular weight is 345 g/mol. The van der Waals surface area contributed by atoms with Crippen molar-refractivity contribution in [3.05, 3.63) is 29.3 Å². The van der Waals surface area contributed by atoms with Crippen LogP contribution >= 0.6 is 15.9 Å². The maximum Gasteiger partial charge on any atom is 0.149 e. The molecular formula is C15H19BrF2N2. The second-order valence-corrected chi connectivity index (χ2v) is 6.23. The lowest BCUT2D eigenvalue weighted by molar-refractivity contribution is 0.133. The highest BCUT2D eigenvalue weighted by atomic mass is 79.9. The quantitative estimate of drug-likeness (QED) is 0.757. The summed E-state index contributed by atoms with van der Waals surface area (Å²) in [7, 11) is 0. The van der Waals surface area contributed by atoms with Gasteiger partial charge in [0.1, 0.15) is 17.3 Å². The summed E-state index contributed by atoms with van der Waals surface area (Å²) < 4.78 is 28.4. The van der Waals surface area contributed by atoms with Gasteiger partial charge in [0, 0.05) is 31.0 Å². The molecule has 2 aliphatic heterocycles. The molecule has 0 radical (unpaired) electrons. The zero-order valence-corrected chi connectivity index (χ0v) is 13.0. The summed E-state index contributed by atoms with van der Waals surface area (Å²) >= 11 is 3.24. The van der Waals surface area contributed by atoms with Crippen LogP contribution in [0.3, 0.4) is 0 Å². The van der Waals surface area contributed by atoms with Crippen molar-refractivity contribution in [1.82, 2.24) is 4.90 Å². The van der Waals surface area contributed by atoms with E-state index in [9.17, 15) is 8.78 Å². The third-order valence-corrected chi connectivity index (χ3v) is 5.03. The summed E-state index contributed by atoms with van der Waals surface area (Å²) in [6.45, 7) is 3.48. The highest BCUT2D eigenvalue weighted by Crippen LogP contribution is 2.30. The van der Waals surface area contributed by atoms with Crippen LogP contribution in [-0.4, -0.2) is 37.1 Å². The summed E-state index contributed by atoms with van der Waals surface area (Å²) in [5.74, 6) is -0.882. The summed E-state index contributed by atoms with van der Waals surface area (Å²) in [6.07, 6.45) is 3.61. The third kappa shape index (κ3) is 2.70. The SMILES string of the molecule is Fc1cc(CBr)cc(F)c1N1CCN2CCCCC2C1. The molecule has 0 saturated carbocycles. The van der Waals surface area contributed by atoms with E-state index in [1.54, 1.807) is 0 Å². The summed E-state index contributed by atoms with van der Waals surface area (Å²) in [4.78, 5) is 4.35. The molecular weight excluding hydrogens is 326 g/mol. The third-order valence-electron chi connectivity index (χ3n) is 4.38. The van der Waals surface area contributed by atoms with Crippen LogP contribution in [0.25, 0.3) is 0 Å². The molecule has 0 aliphatic carbocycles. The average Bonchev–Trinajstić information content (AvgIpc) is 2.46. The Hall–Kier alpha value is -0.680. The largest absolute Gasteiger partial charge is 0.364 e. The number of fused-ring (bicyclic) bond motifs is 1. The van der Waals surface area contributed by atoms with Crippen LogP contribution in [0.2, 0.25) is 0 Å². The summed E-state index contributed by atoms with van der Waals surface area (Å²) in [5, 5.41) is 0.470. The first-order valence-electron chi connectivity index (χ1n) is 7.22. The first kappa shape index (κ1) is 14.3. The van der Waals surface area contributed by atoms with Crippen LogP contribution in [-0.2, 0) is 5.33 Å². The lowest BCUT2D eigenvalue weighted by Gasteiger charge is -2.45. The van der Waals surface area contributed by atoms with Crippen LogP contribution in [0.1, 0.15) is 24.8 Å². The fraction of sp³-hybridized carbons (Fsp3) is 0.600. The van der Waals surface area contributed by atoms with Crippen molar-refractivity contribution in [2.75, 3.05) is 31.1 Å². The van der Waals surface area contributed by atoms with Crippen LogP contribution in [0, 0.1) is 11.6 Å². The van der Waals surface area contributed by atoms with Crippen molar-refractivity contribution < 1.29 is 8.78 Å². The number of anilines is 1. The molecule has 2 heterocycles. The maximum atomic E-state index is 14.2.